The van der Waals surface area contributed by atoms with Crippen LogP contribution in [0.5, 0.6) is 5.75 Å². The molecule has 0 saturated heterocycles. The van der Waals surface area contributed by atoms with Crippen molar-refractivity contribution in [1.82, 2.24) is 10.2 Å². The van der Waals surface area contributed by atoms with Gasteiger partial charge in [0, 0.05) is 18.1 Å². The molecule has 5 nitrogen and oxygen atoms in total. The van der Waals surface area contributed by atoms with Crippen molar-refractivity contribution in [3.8, 4) is 5.75 Å². The molecular formula is C14H21BrN2O3. The van der Waals surface area contributed by atoms with E-state index < -0.39 is 6.10 Å². The second-order valence-corrected chi connectivity index (χ2v) is 5.51. The van der Waals surface area contributed by atoms with Gasteiger partial charge in [-0.05, 0) is 37.6 Å². The predicted octanol–water partition coefficient (Wildman–Crippen LogP) is 2.24. The van der Waals surface area contributed by atoms with Crippen molar-refractivity contribution in [2.45, 2.75) is 19.4 Å². The zero-order valence-corrected chi connectivity index (χ0v) is 13.4. The van der Waals surface area contributed by atoms with Gasteiger partial charge >= 0.3 is 6.03 Å². The lowest BCUT2D eigenvalue weighted by Crippen LogP contribution is -2.40. The highest BCUT2D eigenvalue weighted by Gasteiger charge is 2.08. The molecule has 1 unspecified atom stereocenters. The van der Waals surface area contributed by atoms with Crippen LogP contribution in [0.3, 0.4) is 0 Å². The SMILES string of the molecule is CC(O)CCN(C)C(=O)NCCOc1ccc(Br)cc1. The summed E-state index contributed by atoms with van der Waals surface area (Å²) in [6, 6.07) is 7.36. The maximum atomic E-state index is 11.7. The largest absolute Gasteiger partial charge is 0.492 e. The molecule has 1 aromatic rings. The average molecular weight is 345 g/mol. The Labute approximate surface area is 128 Å². The van der Waals surface area contributed by atoms with Crippen molar-refractivity contribution < 1.29 is 14.6 Å². The first-order valence-corrected chi connectivity index (χ1v) is 7.33. The zero-order chi connectivity index (χ0) is 15.0. The molecule has 0 aromatic heterocycles. The quantitative estimate of drug-likeness (QED) is 0.745. The lowest BCUT2D eigenvalue weighted by atomic mass is 10.3. The Kier molecular flexibility index (Phi) is 7.40. The summed E-state index contributed by atoms with van der Waals surface area (Å²) < 4.78 is 6.49. The summed E-state index contributed by atoms with van der Waals surface area (Å²) in [6.07, 6.45) is 0.172. The number of rotatable bonds is 7. The molecular weight excluding hydrogens is 324 g/mol. The number of carbonyl (C=O) groups is 1. The topological polar surface area (TPSA) is 61.8 Å². The van der Waals surface area contributed by atoms with Crippen molar-refractivity contribution in [2.75, 3.05) is 26.7 Å². The van der Waals surface area contributed by atoms with E-state index in [1.165, 1.54) is 0 Å². The van der Waals surface area contributed by atoms with Crippen molar-refractivity contribution in [1.29, 1.82) is 0 Å². The van der Waals surface area contributed by atoms with Crippen molar-refractivity contribution in [3.63, 3.8) is 0 Å². The Morgan fingerprint density at radius 1 is 1.45 bits per heavy atom. The molecule has 2 amide bonds. The van der Waals surface area contributed by atoms with Crippen molar-refractivity contribution in [2.24, 2.45) is 0 Å². The highest BCUT2D eigenvalue weighted by Crippen LogP contribution is 2.15. The van der Waals surface area contributed by atoms with Gasteiger partial charge in [0.1, 0.15) is 12.4 Å². The number of carbonyl (C=O) groups excluding carboxylic acids is 1. The van der Waals surface area contributed by atoms with Gasteiger partial charge in [-0.2, -0.15) is 0 Å². The minimum atomic E-state index is -0.397. The number of benzene rings is 1. The van der Waals surface area contributed by atoms with Gasteiger partial charge in [-0.1, -0.05) is 15.9 Å². The van der Waals surface area contributed by atoms with E-state index in [1.807, 2.05) is 24.3 Å². The van der Waals surface area contributed by atoms with Crippen LogP contribution in [0.15, 0.2) is 28.7 Å². The fourth-order valence-electron chi connectivity index (χ4n) is 1.47. The van der Waals surface area contributed by atoms with Gasteiger partial charge in [-0.3, -0.25) is 0 Å². The van der Waals surface area contributed by atoms with Crippen molar-refractivity contribution >= 4 is 22.0 Å². The minimum Gasteiger partial charge on any atom is -0.492 e. The van der Waals surface area contributed by atoms with Crippen LogP contribution in [0.1, 0.15) is 13.3 Å². The smallest absolute Gasteiger partial charge is 0.317 e. The fraction of sp³-hybridized carbons (Fsp3) is 0.500. The molecule has 0 heterocycles. The molecule has 2 N–H and O–H groups in total. The second kappa shape index (κ2) is 8.81. The van der Waals surface area contributed by atoms with E-state index >= 15 is 0 Å². The summed E-state index contributed by atoms with van der Waals surface area (Å²) >= 11 is 3.35. The number of urea groups is 1. The normalized spacial score (nSPS) is 11.8. The first-order chi connectivity index (χ1) is 9.49. The maximum Gasteiger partial charge on any atom is 0.317 e. The van der Waals surface area contributed by atoms with Gasteiger partial charge in [0.25, 0.3) is 0 Å². The minimum absolute atomic E-state index is 0.162. The lowest BCUT2D eigenvalue weighted by Gasteiger charge is -2.18. The number of halogens is 1. The molecule has 0 fully saturated rings. The van der Waals surface area contributed by atoms with E-state index in [2.05, 4.69) is 21.2 Å². The first-order valence-electron chi connectivity index (χ1n) is 6.54. The van der Waals surface area contributed by atoms with Crippen LogP contribution in [-0.4, -0.2) is 48.9 Å². The van der Waals surface area contributed by atoms with Gasteiger partial charge in [0.05, 0.1) is 12.6 Å². The zero-order valence-electron chi connectivity index (χ0n) is 11.8. The molecule has 0 bridgehead atoms. The Morgan fingerprint density at radius 2 is 2.10 bits per heavy atom. The van der Waals surface area contributed by atoms with E-state index in [1.54, 1.807) is 18.9 Å². The molecule has 6 heteroatoms. The summed E-state index contributed by atoms with van der Waals surface area (Å²) in [6.45, 7) is 3.08. The van der Waals surface area contributed by atoms with Crippen LogP contribution >= 0.6 is 15.9 Å². The van der Waals surface area contributed by atoms with Crippen LogP contribution in [0.4, 0.5) is 4.79 Å². The highest BCUT2D eigenvalue weighted by atomic mass is 79.9. The summed E-state index contributed by atoms with van der Waals surface area (Å²) in [5.74, 6) is 0.768. The third-order valence-corrected chi connectivity index (χ3v) is 3.22. The molecule has 0 spiro atoms. The van der Waals surface area contributed by atoms with Gasteiger partial charge in [-0.25, -0.2) is 4.79 Å². The Hall–Kier alpha value is -1.27. The molecule has 0 radical (unpaired) electrons. The number of aliphatic hydroxyl groups is 1. The number of ether oxygens (including phenoxy) is 1. The van der Waals surface area contributed by atoms with Gasteiger partial charge in [-0.15, -0.1) is 0 Å². The molecule has 0 saturated carbocycles. The molecule has 0 aliphatic rings. The predicted molar refractivity (Wildman–Crippen MR) is 82.0 cm³/mol. The van der Waals surface area contributed by atoms with Crippen LogP contribution in [-0.2, 0) is 0 Å². The Balaban J connectivity index is 2.17. The number of nitrogens with one attached hydrogen (secondary N) is 1. The van der Waals surface area contributed by atoms with Crippen molar-refractivity contribution in [3.05, 3.63) is 28.7 Å². The summed E-state index contributed by atoms with van der Waals surface area (Å²) in [4.78, 5) is 13.2. The third kappa shape index (κ3) is 6.77. The van der Waals surface area contributed by atoms with E-state index in [0.29, 0.717) is 26.1 Å². The second-order valence-electron chi connectivity index (χ2n) is 4.59. The number of nitrogens with zero attached hydrogens (tertiary/aromatic N) is 1. The summed E-state index contributed by atoms with van der Waals surface area (Å²) in [5, 5.41) is 11.9. The van der Waals surface area contributed by atoms with E-state index in [4.69, 9.17) is 9.84 Å². The van der Waals surface area contributed by atoms with Gasteiger partial charge in [0.2, 0.25) is 0 Å². The molecule has 1 atom stereocenters. The molecule has 112 valence electrons. The monoisotopic (exact) mass is 344 g/mol. The molecule has 20 heavy (non-hydrogen) atoms. The molecule has 1 aromatic carbocycles. The Bertz CT molecular complexity index is 409. The number of hydrogen-bond acceptors (Lipinski definition) is 3. The standard InChI is InChI=1S/C14H21BrN2O3/c1-11(18)7-9-17(2)14(19)16-8-10-20-13-5-3-12(15)4-6-13/h3-6,11,18H,7-10H2,1-2H3,(H,16,19). The van der Waals surface area contributed by atoms with Crippen LogP contribution in [0.2, 0.25) is 0 Å². The molecule has 0 aliphatic carbocycles. The van der Waals surface area contributed by atoms with E-state index in [-0.39, 0.29) is 6.03 Å². The number of hydrogen-bond donors (Lipinski definition) is 2. The van der Waals surface area contributed by atoms with E-state index in [0.717, 1.165) is 10.2 Å². The van der Waals surface area contributed by atoms with Gasteiger partial charge < -0.3 is 20.1 Å². The van der Waals surface area contributed by atoms with Crippen LogP contribution in [0, 0.1) is 0 Å². The maximum absolute atomic E-state index is 11.7. The number of amides is 2. The fourth-order valence-corrected chi connectivity index (χ4v) is 1.74. The van der Waals surface area contributed by atoms with Crippen LogP contribution in [0.25, 0.3) is 0 Å². The Morgan fingerprint density at radius 3 is 2.70 bits per heavy atom. The average Bonchev–Trinajstić information content (AvgIpc) is 2.42. The summed E-state index contributed by atoms with van der Waals surface area (Å²) in [5.41, 5.74) is 0. The summed E-state index contributed by atoms with van der Waals surface area (Å²) in [7, 11) is 1.70. The van der Waals surface area contributed by atoms with Gasteiger partial charge in [0.15, 0.2) is 0 Å². The lowest BCUT2D eigenvalue weighted by molar-refractivity contribution is 0.162. The highest BCUT2D eigenvalue weighted by molar-refractivity contribution is 9.10. The molecule has 1 rings (SSSR count). The van der Waals surface area contributed by atoms with Crippen LogP contribution < -0.4 is 10.1 Å². The number of aliphatic hydroxyl groups excluding tert-OH is 1. The van der Waals surface area contributed by atoms with E-state index in [9.17, 15) is 4.79 Å². The first kappa shape index (κ1) is 16.8. The molecule has 0 aliphatic heterocycles. The third-order valence-electron chi connectivity index (χ3n) is 2.69.